The number of fused-ring (bicyclic) bond motifs is 2. The standard InChI is InChI=1S/C17H14ClO3P/c18-17(19)8-9-22(20,21)16-7-3-6-14-10-12-4-1-2-5-13(12)11-15(14)16/h1-7,10-11H,8-9H2,(H,20,21). The normalized spacial score (nSPS) is 14.1. The van der Waals surface area contributed by atoms with Gasteiger partial charge in [0.2, 0.25) is 12.6 Å². The minimum atomic E-state index is -3.63. The smallest absolute Gasteiger partial charge is 0.230 e. The summed E-state index contributed by atoms with van der Waals surface area (Å²) in [5.74, 6) is 0. The molecule has 0 amide bonds. The van der Waals surface area contributed by atoms with Crippen molar-refractivity contribution in [2.24, 2.45) is 0 Å². The summed E-state index contributed by atoms with van der Waals surface area (Å²) >= 11 is 5.30. The molecule has 22 heavy (non-hydrogen) atoms. The molecule has 3 nitrogen and oxygen atoms in total. The lowest BCUT2D eigenvalue weighted by atomic mass is 10.0. The third-order valence-corrected chi connectivity index (χ3v) is 5.87. The molecular formula is C17H14ClO3P. The minimum absolute atomic E-state index is 0.112. The van der Waals surface area contributed by atoms with E-state index in [-0.39, 0.29) is 12.6 Å². The van der Waals surface area contributed by atoms with Crippen LogP contribution in [0.4, 0.5) is 0 Å². The van der Waals surface area contributed by atoms with E-state index in [1.807, 2.05) is 42.5 Å². The molecule has 0 radical (unpaired) electrons. The van der Waals surface area contributed by atoms with Crippen molar-refractivity contribution < 1.29 is 14.3 Å². The number of hydrogen-bond acceptors (Lipinski definition) is 2. The Morgan fingerprint density at radius 1 is 1.00 bits per heavy atom. The molecule has 1 atom stereocenters. The van der Waals surface area contributed by atoms with Crippen LogP contribution < -0.4 is 5.30 Å². The maximum Gasteiger partial charge on any atom is 0.230 e. The monoisotopic (exact) mass is 332 g/mol. The fourth-order valence-electron chi connectivity index (χ4n) is 2.61. The second-order valence-electron chi connectivity index (χ2n) is 5.23. The fourth-order valence-corrected chi connectivity index (χ4v) is 4.48. The predicted molar refractivity (Wildman–Crippen MR) is 91.3 cm³/mol. The lowest BCUT2D eigenvalue weighted by Crippen LogP contribution is -2.10. The summed E-state index contributed by atoms with van der Waals surface area (Å²) in [6.07, 6.45) is -0.249. The summed E-state index contributed by atoms with van der Waals surface area (Å²) < 4.78 is 12.6. The summed E-state index contributed by atoms with van der Waals surface area (Å²) in [5.41, 5.74) is 0. The zero-order valence-electron chi connectivity index (χ0n) is 11.7. The number of rotatable bonds is 4. The molecule has 0 aliphatic rings. The summed E-state index contributed by atoms with van der Waals surface area (Å²) in [4.78, 5) is 21.2. The van der Waals surface area contributed by atoms with Crippen molar-refractivity contribution >= 4 is 51.1 Å². The Bertz CT molecular complexity index is 920. The summed E-state index contributed by atoms with van der Waals surface area (Å²) in [6.45, 7) is 0. The number of benzene rings is 3. The lowest BCUT2D eigenvalue weighted by molar-refractivity contribution is -0.111. The molecule has 1 N–H and O–H groups in total. The van der Waals surface area contributed by atoms with E-state index in [1.165, 1.54) is 0 Å². The zero-order chi connectivity index (χ0) is 15.7. The van der Waals surface area contributed by atoms with Crippen molar-refractivity contribution in [2.45, 2.75) is 6.42 Å². The molecule has 112 valence electrons. The van der Waals surface area contributed by atoms with Gasteiger partial charge in [0.05, 0.1) is 0 Å². The predicted octanol–water partition coefficient (Wildman–Crippen LogP) is 4.04. The molecule has 5 heteroatoms. The second-order valence-corrected chi connectivity index (χ2v) is 7.98. The van der Waals surface area contributed by atoms with Crippen LogP contribution in [-0.4, -0.2) is 16.3 Å². The molecule has 0 bridgehead atoms. The SMILES string of the molecule is O=C(Cl)CCP(=O)(O)c1cccc2cc3ccccc3cc12. The van der Waals surface area contributed by atoms with Gasteiger partial charge in [-0.1, -0.05) is 36.4 Å². The van der Waals surface area contributed by atoms with Crippen molar-refractivity contribution in [2.75, 3.05) is 6.16 Å². The highest BCUT2D eigenvalue weighted by Gasteiger charge is 2.24. The molecular weight excluding hydrogens is 319 g/mol. The van der Waals surface area contributed by atoms with Gasteiger partial charge in [-0.3, -0.25) is 9.36 Å². The van der Waals surface area contributed by atoms with Crippen LogP contribution in [0, 0.1) is 0 Å². The van der Waals surface area contributed by atoms with E-state index >= 15 is 0 Å². The van der Waals surface area contributed by atoms with E-state index in [9.17, 15) is 14.3 Å². The Kier molecular flexibility index (Phi) is 4.05. The number of carbonyl (C=O) groups is 1. The summed E-state index contributed by atoms with van der Waals surface area (Å²) in [6, 6.07) is 17.1. The first-order chi connectivity index (χ1) is 10.5. The van der Waals surface area contributed by atoms with Crippen molar-refractivity contribution in [1.29, 1.82) is 0 Å². The largest absolute Gasteiger partial charge is 0.341 e. The third-order valence-electron chi connectivity index (χ3n) is 3.71. The van der Waals surface area contributed by atoms with Gasteiger partial charge in [-0.15, -0.1) is 0 Å². The third kappa shape index (κ3) is 2.93. The maximum atomic E-state index is 12.6. The van der Waals surface area contributed by atoms with Crippen molar-refractivity contribution in [3.05, 3.63) is 54.6 Å². The van der Waals surface area contributed by atoms with Gasteiger partial charge in [0.1, 0.15) is 0 Å². The van der Waals surface area contributed by atoms with E-state index in [0.29, 0.717) is 5.30 Å². The van der Waals surface area contributed by atoms with Crippen LogP contribution in [0.2, 0.25) is 0 Å². The number of carbonyl (C=O) groups excluding carboxylic acids is 1. The van der Waals surface area contributed by atoms with Gasteiger partial charge in [-0.05, 0) is 51.3 Å². The Morgan fingerprint density at radius 3 is 2.32 bits per heavy atom. The first-order valence-electron chi connectivity index (χ1n) is 6.90. The van der Waals surface area contributed by atoms with E-state index in [4.69, 9.17) is 11.6 Å². The molecule has 0 saturated heterocycles. The summed E-state index contributed by atoms with van der Waals surface area (Å²) in [7, 11) is -3.63. The lowest BCUT2D eigenvalue weighted by Gasteiger charge is -2.14. The Labute approximate surface area is 133 Å². The zero-order valence-corrected chi connectivity index (χ0v) is 13.3. The molecule has 3 aromatic carbocycles. The average Bonchev–Trinajstić information content (AvgIpc) is 2.50. The van der Waals surface area contributed by atoms with E-state index in [2.05, 4.69) is 0 Å². The van der Waals surface area contributed by atoms with Crippen LogP contribution in [0.25, 0.3) is 21.5 Å². The number of hydrogen-bond donors (Lipinski definition) is 1. The van der Waals surface area contributed by atoms with Crippen LogP contribution in [0.5, 0.6) is 0 Å². The quantitative estimate of drug-likeness (QED) is 0.445. The molecule has 0 saturated carbocycles. The first-order valence-corrected chi connectivity index (χ1v) is 9.12. The van der Waals surface area contributed by atoms with Crippen LogP contribution >= 0.6 is 19.0 Å². The van der Waals surface area contributed by atoms with Crippen molar-refractivity contribution in [3.63, 3.8) is 0 Å². The fraction of sp³-hybridized carbons (Fsp3) is 0.118. The van der Waals surface area contributed by atoms with Gasteiger partial charge in [-0.25, -0.2) is 0 Å². The highest BCUT2D eigenvalue weighted by atomic mass is 35.5. The van der Waals surface area contributed by atoms with Crippen molar-refractivity contribution in [1.82, 2.24) is 0 Å². The van der Waals surface area contributed by atoms with E-state index in [1.54, 1.807) is 12.1 Å². The maximum absolute atomic E-state index is 12.6. The van der Waals surface area contributed by atoms with Crippen LogP contribution in [0.15, 0.2) is 54.6 Å². The van der Waals surface area contributed by atoms with Crippen LogP contribution in [0.3, 0.4) is 0 Å². The average molecular weight is 333 g/mol. The van der Waals surface area contributed by atoms with Crippen molar-refractivity contribution in [3.8, 4) is 0 Å². The van der Waals surface area contributed by atoms with Crippen LogP contribution in [0.1, 0.15) is 6.42 Å². The highest BCUT2D eigenvalue weighted by Crippen LogP contribution is 2.42. The summed E-state index contributed by atoms with van der Waals surface area (Å²) in [5, 5.41) is 3.53. The molecule has 0 fully saturated rings. The number of halogens is 1. The van der Waals surface area contributed by atoms with E-state index in [0.717, 1.165) is 21.5 Å². The van der Waals surface area contributed by atoms with Gasteiger partial charge in [0, 0.05) is 17.9 Å². The molecule has 1 unspecified atom stereocenters. The molecule has 0 aromatic heterocycles. The minimum Gasteiger partial charge on any atom is -0.341 e. The highest BCUT2D eigenvalue weighted by molar-refractivity contribution is 7.66. The van der Waals surface area contributed by atoms with Gasteiger partial charge >= 0.3 is 0 Å². The van der Waals surface area contributed by atoms with Gasteiger partial charge in [0.15, 0.2) is 0 Å². The van der Waals surface area contributed by atoms with Crippen LogP contribution in [-0.2, 0) is 9.36 Å². The second kappa shape index (κ2) is 5.85. The van der Waals surface area contributed by atoms with E-state index < -0.39 is 12.6 Å². The molecule has 3 rings (SSSR count). The van der Waals surface area contributed by atoms with Gasteiger partial charge < -0.3 is 4.89 Å². The molecule has 0 heterocycles. The molecule has 0 aliphatic carbocycles. The Morgan fingerprint density at radius 2 is 1.64 bits per heavy atom. The van der Waals surface area contributed by atoms with Gasteiger partial charge in [-0.2, -0.15) is 0 Å². The molecule has 0 aliphatic heterocycles. The topological polar surface area (TPSA) is 54.4 Å². The first kappa shape index (κ1) is 15.2. The Hall–Kier alpha value is -1.67. The Balaban J connectivity index is 2.19. The molecule has 3 aromatic rings. The molecule has 0 spiro atoms. The van der Waals surface area contributed by atoms with Gasteiger partial charge in [0.25, 0.3) is 0 Å².